The Kier molecular flexibility index (Phi) is 7.37. The summed E-state index contributed by atoms with van der Waals surface area (Å²) in [6.45, 7) is 0. The summed E-state index contributed by atoms with van der Waals surface area (Å²) < 4.78 is 0. The fourth-order valence-electron chi connectivity index (χ4n) is 2.96. The van der Waals surface area contributed by atoms with E-state index in [1.54, 1.807) is 0 Å². The Balaban J connectivity index is 0.000000160. The molecule has 4 heterocycles. The van der Waals surface area contributed by atoms with E-state index in [0.29, 0.717) is 34.4 Å². The molecule has 9 heteroatoms. The van der Waals surface area contributed by atoms with E-state index < -0.39 is 0 Å². The van der Waals surface area contributed by atoms with Gasteiger partial charge in [0.1, 0.15) is 11.8 Å². The van der Waals surface area contributed by atoms with Crippen LogP contribution in [0.5, 0.6) is 0 Å². The lowest BCUT2D eigenvalue weighted by Crippen LogP contribution is -2.58. The number of nitrogens with zero attached hydrogens (tertiary/aromatic N) is 2. The van der Waals surface area contributed by atoms with Gasteiger partial charge >= 0.3 is 0 Å². The molecule has 2 amide bonds. The summed E-state index contributed by atoms with van der Waals surface area (Å²) in [5.41, 5.74) is 0. The minimum absolute atomic E-state index is 0. The molecule has 4 nitrogen and oxygen atoms in total. The number of rotatable bonds is 2. The number of fused-ring (bicyclic) bond motifs is 2. The predicted molar refractivity (Wildman–Crippen MR) is 111 cm³/mol. The lowest BCUT2D eigenvalue weighted by atomic mass is 10.0. The fourth-order valence-corrected chi connectivity index (χ4v) is 7.00. The molecular weight excluding hydrogens is 386 g/mol. The van der Waals surface area contributed by atoms with Crippen molar-refractivity contribution in [3.05, 3.63) is 24.6 Å². The van der Waals surface area contributed by atoms with Crippen LogP contribution in [0.25, 0.3) is 0 Å². The van der Waals surface area contributed by atoms with E-state index in [1.165, 1.54) is 0 Å². The average Bonchev–Trinajstić information content (AvgIpc) is 2.56. The molecule has 4 unspecified atom stereocenters. The smallest absolute Gasteiger partial charge is 0.237 e. The highest BCUT2D eigenvalue weighted by Crippen LogP contribution is 2.39. The number of hydrogen-bond donors (Lipinski definition) is 0. The molecule has 0 aromatic carbocycles. The van der Waals surface area contributed by atoms with Crippen molar-refractivity contribution in [2.75, 3.05) is 23.8 Å². The van der Waals surface area contributed by atoms with Crippen LogP contribution in [0.4, 0.5) is 0 Å². The Morgan fingerprint density at radius 1 is 0.913 bits per heavy atom. The van der Waals surface area contributed by atoms with E-state index in [1.807, 2.05) is 76.4 Å². The number of amides is 2. The van der Waals surface area contributed by atoms with Gasteiger partial charge in [0.15, 0.2) is 0 Å². The van der Waals surface area contributed by atoms with Crippen molar-refractivity contribution in [2.24, 2.45) is 11.8 Å². The molecule has 0 N–H and O–H groups in total. The van der Waals surface area contributed by atoms with Crippen molar-refractivity contribution in [1.82, 2.24) is 9.80 Å². The highest BCUT2D eigenvalue weighted by atomic mass is 32.2. The van der Waals surface area contributed by atoms with Crippen LogP contribution in [-0.2, 0) is 23.1 Å². The maximum atomic E-state index is 11.3. The van der Waals surface area contributed by atoms with Crippen LogP contribution in [0.3, 0.4) is 0 Å². The highest BCUT2D eigenvalue weighted by Gasteiger charge is 2.48. The third kappa shape index (κ3) is 3.64. The van der Waals surface area contributed by atoms with Crippen LogP contribution in [0, 0.1) is 11.8 Å². The zero-order valence-electron chi connectivity index (χ0n) is 12.8. The molecule has 4 aliphatic heterocycles. The van der Waals surface area contributed by atoms with Crippen LogP contribution in [0.15, 0.2) is 24.6 Å². The second kappa shape index (κ2) is 8.62. The van der Waals surface area contributed by atoms with E-state index in [-0.39, 0.29) is 13.5 Å². The van der Waals surface area contributed by atoms with Crippen molar-refractivity contribution >= 4 is 67.3 Å². The molecular formula is C14H22N2O2P2S3. The zero-order chi connectivity index (χ0) is 15.7. The molecule has 23 heavy (non-hydrogen) atoms. The summed E-state index contributed by atoms with van der Waals surface area (Å²) in [6.07, 6.45) is 9.99. The lowest BCUT2D eigenvalue weighted by molar-refractivity contribution is -0.145. The minimum Gasteiger partial charge on any atom is -2.00 e. The monoisotopic (exact) mass is 408 g/mol. The Labute approximate surface area is 157 Å². The van der Waals surface area contributed by atoms with E-state index in [9.17, 15) is 9.59 Å². The molecule has 2 fully saturated rings. The van der Waals surface area contributed by atoms with Gasteiger partial charge in [0.2, 0.25) is 11.8 Å². The van der Waals surface area contributed by atoms with Crippen molar-refractivity contribution in [1.29, 1.82) is 0 Å². The SMILES string of the molecule is O=C1C(C[PH3+])[C@@H]2SCC=CN12.O=C1C(C[PH3+])[C@@H]2SCC=CN12.[S-2]. The van der Waals surface area contributed by atoms with Gasteiger partial charge in [-0.1, -0.05) is 12.2 Å². The number of hydrogen-bond acceptors (Lipinski definition) is 4. The summed E-state index contributed by atoms with van der Waals surface area (Å²) in [6, 6.07) is 0. The molecule has 0 aromatic rings. The second-order valence-electron chi connectivity index (χ2n) is 5.50. The van der Waals surface area contributed by atoms with Gasteiger partial charge in [0.25, 0.3) is 0 Å². The first-order valence-electron chi connectivity index (χ1n) is 7.48. The first-order valence-corrected chi connectivity index (χ1v) is 11.6. The van der Waals surface area contributed by atoms with Crippen molar-refractivity contribution in [2.45, 2.75) is 10.7 Å². The number of thioether (sulfide) groups is 2. The summed E-state index contributed by atoms with van der Waals surface area (Å²) in [5.74, 6) is 3.37. The highest BCUT2D eigenvalue weighted by molar-refractivity contribution is 8.00. The Morgan fingerprint density at radius 2 is 1.30 bits per heavy atom. The Hall–Kier alpha value is 0.330. The van der Waals surface area contributed by atoms with E-state index >= 15 is 0 Å². The quantitative estimate of drug-likeness (QED) is 0.510. The molecule has 0 saturated carbocycles. The molecule has 0 aliphatic carbocycles. The molecule has 0 aromatic heterocycles. The molecule has 6 atom stereocenters. The largest absolute Gasteiger partial charge is 2.00 e. The lowest BCUT2D eigenvalue weighted by Gasteiger charge is -2.45. The van der Waals surface area contributed by atoms with Crippen LogP contribution in [-0.4, -0.2) is 56.2 Å². The van der Waals surface area contributed by atoms with Gasteiger partial charge in [0.05, 0.1) is 23.1 Å². The van der Waals surface area contributed by atoms with Crippen molar-refractivity contribution in [3.63, 3.8) is 0 Å². The van der Waals surface area contributed by atoms with Gasteiger partial charge in [-0.25, -0.2) is 0 Å². The summed E-state index contributed by atoms with van der Waals surface area (Å²) >= 11 is 3.74. The van der Waals surface area contributed by atoms with Gasteiger partial charge in [-0.15, -0.1) is 23.5 Å². The first-order chi connectivity index (χ1) is 10.7. The van der Waals surface area contributed by atoms with E-state index in [0.717, 1.165) is 23.8 Å². The third-order valence-electron chi connectivity index (χ3n) is 4.26. The molecule has 4 aliphatic rings. The maximum Gasteiger partial charge on any atom is 0.237 e. The molecule has 0 bridgehead atoms. The molecule has 2 saturated heterocycles. The summed E-state index contributed by atoms with van der Waals surface area (Å²) in [7, 11) is 3.79. The standard InChI is InChI=1S/2C7H10NOPS.S/c2*9-6-5(4-10)7-8(6)2-1-3-11-7;/h2*1-2,5,7H,3-4,10H2;/q;;-2/p+2/t2*5?,7-;/m00./s1. The minimum atomic E-state index is 0. The number of β-lactam (4-membered cyclic amide) rings is 2. The number of carbonyl (C=O) groups excluding carboxylic acids is 2. The van der Waals surface area contributed by atoms with Crippen LogP contribution < -0.4 is 0 Å². The second-order valence-corrected chi connectivity index (χ2v) is 8.95. The maximum absolute atomic E-state index is 11.3. The Bertz CT molecular complexity index is 486. The molecule has 128 valence electrons. The van der Waals surface area contributed by atoms with Gasteiger partial charge < -0.3 is 23.3 Å². The average molecular weight is 408 g/mol. The summed E-state index contributed by atoms with van der Waals surface area (Å²) in [5, 5.41) is 0.926. The van der Waals surface area contributed by atoms with Crippen molar-refractivity contribution < 1.29 is 9.59 Å². The van der Waals surface area contributed by atoms with E-state index in [2.05, 4.69) is 0 Å². The van der Waals surface area contributed by atoms with Gasteiger partial charge in [-0.05, 0) is 18.5 Å². The number of carbonyl (C=O) groups is 2. The zero-order valence-corrected chi connectivity index (χ0v) is 18.1. The van der Waals surface area contributed by atoms with Gasteiger partial charge in [0, 0.05) is 23.9 Å². The van der Waals surface area contributed by atoms with E-state index in [4.69, 9.17) is 0 Å². The summed E-state index contributed by atoms with van der Waals surface area (Å²) in [4.78, 5) is 26.3. The molecule has 0 spiro atoms. The topological polar surface area (TPSA) is 40.6 Å². The van der Waals surface area contributed by atoms with Crippen molar-refractivity contribution in [3.8, 4) is 0 Å². The predicted octanol–water partition coefficient (Wildman–Crippen LogP) is 1.28. The van der Waals surface area contributed by atoms with Gasteiger partial charge in [-0.2, -0.15) is 0 Å². The van der Waals surface area contributed by atoms with Gasteiger partial charge in [-0.3, -0.25) is 9.59 Å². The molecule has 4 rings (SSSR count). The van der Waals surface area contributed by atoms with Crippen LogP contribution in [0.2, 0.25) is 0 Å². The van der Waals surface area contributed by atoms with Crippen LogP contribution >= 0.6 is 42.0 Å². The normalized spacial score (nSPS) is 33.7. The Morgan fingerprint density at radius 3 is 1.65 bits per heavy atom. The third-order valence-corrected chi connectivity index (χ3v) is 8.07. The fraction of sp³-hybridized carbons (Fsp3) is 0.571. The van der Waals surface area contributed by atoms with Crippen LogP contribution in [0.1, 0.15) is 0 Å². The molecule has 0 radical (unpaired) electrons. The first kappa shape index (κ1) is 19.7.